The van der Waals surface area contributed by atoms with Gasteiger partial charge >= 0.3 is 0 Å². The van der Waals surface area contributed by atoms with Crippen LogP contribution in [-0.2, 0) is 21.4 Å². The highest BCUT2D eigenvalue weighted by Crippen LogP contribution is 2.14. The Hall–Kier alpha value is -2.49. The molecular formula is C16H16N4O3S2. The van der Waals surface area contributed by atoms with Crippen LogP contribution in [0.4, 0.5) is 0 Å². The van der Waals surface area contributed by atoms with Crippen molar-refractivity contribution >= 4 is 27.3 Å². The molecule has 2 N–H and O–H groups in total. The normalized spacial score (nSPS) is 11.4. The summed E-state index contributed by atoms with van der Waals surface area (Å²) in [6, 6.07) is 12.5. The van der Waals surface area contributed by atoms with Crippen LogP contribution in [0.5, 0.6) is 0 Å². The van der Waals surface area contributed by atoms with Gasteiger partial charge in [-0.25, -0.2) is 17.8 Å². The highest BCUT2D eigenvalue weighted by molar-refractivity contribution is 7.91. The molecule has 9 heteroatoms. The van der Waals surface area contributed by atoms with Crippen LogP contribution in [0, 0.1) is 0 Å². The van der Waals surface area contributed by atoms with E-state index in [0.29, 0.717) is 6.54 Å². The first-order valence-electron chi connectivity index (χ1n) is 7.43. The van der Waals surface area contributed by atoms with Crippen molar-refractivity contribution in [3.05, 3.63) is 65.8 Å². The Balaban J connectivity index is 1.49. The third-order valence-corrected chi connectivity index (χ3v) is 6.18. The van der Waals surface area contributed by atoms with Gasteiger partial charge in [0.25, 0.3) is 10.0 Å². The number of thiophene rings is 1. The summed E-state index contributed by atoms with van der Waals surface area (Å²) in [5.41, 5.74) is 1.83. The van der Waals surface area contributed by atoms with Gasteiger partial charge in [0.15, 0.2) is 0 Å². The summed E-state index contributed by atoms with van der Waals surface area (Å²) in [6.45, 7) is 0.0184. The van der Waals surface area contributed by atoms with Gasteiger partial charge in [0.2, 0.25) is 5.91 Å². The highest BCUT2D eigenvalue weighted by Gasteiger charge is 2.16. The van der Waals surface area contributed by atoms with E-state index >= 15 is 0 Å². The van der Waals surface area contributed by atoms with Gasteiger partial charge in [-0.15, -0.1) is 11.3 Å². The average molecular weight is 376 g/mol. The topological polar surface area (TPSA) is 93.1 Å². The zero-order valence-corrected chi connectivity index (χ0v) is 14.8. The summed E-state index contributed by atoms with van der Waals surface area (Å²) in [7, 11) is -3.63. The molecule has 1 amide bonds. The maximum absolute atomic E-state index is 11.9. The van der Waals surface area contributed by atoms with Gasteiger partial charge in [-0.05, 0) is 35.2 Å². The number of nitrogens with zero attached hydrogens (tertiary/aromatic N) is 2. The molecule has 2 aromatic heterocycles. The molecule has 130 valence electrons. The number of nitrogens with one attached hydrogen (secondary N) is 2. The van der Waals surface area contributed by atoms with Crippen LogP contribution >= 0.6 is 11.3 Å². The summed E-state index contributed by atoms with van der Waals surface area (Å²) in [5, 5.41) is 8.50. The molecular weight excluding hydrogens is 360 g/mol. The number of hydrogen-bond donors (Lipinski definition) is 2. The maximum Gasteiger partial charge on any atom is 0.250 e. The first-order valence-corrected chi connectivity index (χ1v) is 9.80. The molecule has 0 aliphatic heterocycles. The number of benzene rings is 1. The van der Waals surface area contributed by atoms with E-state index in [4.69, 9.17) is 0 Å². The number of amides is 1. The van der Waals surface area contributed by atoms with E-state index < -0.39 is 15.9 Å². The largest absolute Gasteiger partial charge is 0.351 e. The Morgan fingerprint density at radius 3 is 2.60 bits per heavy atom. The Labute approximate surface area is 149 Å². The monoisotopic (exact) mass is 376 g/mol. The summed E-state index contributed by atoms with van der Waals surface area (Å²) < 4.78 is 28.1. The van der Waals surface area contributed by atoms with Crippen LogP contribution in [-0.4, -0.2) is 30.7 Å². The molecule has 7 nitrogen and oxygen atoms in total. The second-order valence-electron chi connectivity index (χ2n) is 5.15. The van der Waals surface area contributed by atoms with E-state index in [0.717, 1.165) is 22.6 Å². The number of hydrogen-bond acceptors (Lipinski definition) is 5. The molecule has 0 bridgehead atoms. The highest BCUT2D eigenvalue weighted by atomic mass is 32.2. The smallest absolute Gasteiger partial charge is 0.250 e. The minimum Gasteiger partial charge on any atom is -0.351 e. The van der Waals surface area contributed by atoms with Crippen LogP contribution < -0.4 is 10.0 Å². The SMILES string of the molecule is O=C(CNS(=O)(=O)c1cccs1)NCc1ccc(-n2cccn2)cc1. The molecule has 1 aromatic carbocycles. The van der Waals surface area contributed by atoms with Crippen LogP contribution in [0.1, 0.15) is 5.56 Å². The second-order valence-corrected chi connectivity index (χ2v) is 8.09. The Morgan fingerprint density at radius 1 is 1.16 bits per heavy atom. The standard InChI is InChI=1S/C16H16N4O3S2/c21-15(12-19-25(22,23)16-3-1-10-24-16)17-11-13-4-6-14(7-5-13)20-9-2-8-18-20/h1-10,19H,11-12H2,(H,17,21). The fourth-order valence-electron chi connectivity index (χ4n) is 2.10. The fraction of sp³-hybridized carbons (Fsp3) is 0.125. The summed E-state index contributed by atoms with van der Waals surface area (Å²) in [5.74, 6) is -0.392. The number of sulfonamides is 1. The molecule has 0 spiro atoms. The molecule has 0 aliphatic carbocycles. The minimum atomic E-state index is -3.63. The van der Waals surface area contributed by atoms with Gasteiger partial charge in [0.1, 0.15) is 4.21 Å². The van der Waals surface area contributed by atoms with Crippen molar-refractivity contribution in [1.29, 1.82) is 0 Å². The van der Waals surface area contributed by atoms with E-state index in [9.17, 15) is 13.2 Å². The lowest BCUT2D eigenvalue weighted by molar-refractivity contribution is -0.120. The Bertz CT molecular complexity index is 918. The van der Waals surface area contributed by atoms with Crippen molar-refractivity contribution in [2.24, 2.45) is 0 Å². The first-order chi connectivity index (χ1) is 12.0. The number of carbonyl (C=O) groups excluding carboxylic acids is 1. The first kappa shape index (κ1) is 17.3. The molecule has 25 heavy (non-hydrogen) atoms. The van der Waals surface area contributed by atoms with Crippen LogP contribution in [0.3, 0.4) is 0 Å². The molecule has 0 unspecified atom stereocenters. The predicted molar refractivity (Wildman–Crippen MR) is 94.9 cm³/mol. The van der Waals surface area contributed by atoms with Crippen LogP contribution in [0.2, 0.25) is 0 Å². The van der Waals surface area contributed by atoms with E-state index in [1.165, 1.54) is 6.07 Å². The van der Waals surface area contributed by atoms with Crippen molar-refractivity contribution in [2.45, 2.75) is 10.8 Å². The summed E-state index contributed by atoms with van der Waals surface area (Å²) >= 11 is 1.10. The van der Waals surface area contributed by atoms with E-state index in [1.807, 2.05) is 36.5 Å². The van der Waals surface area contributed by atoms with Crippen molar-refractivity contribution < 1.29 is 13.2 Å². The Morgan fingerprint density at radius 2 is 1.96 bits per heavy atom. The van der Waals surface area contributed by atoms with E-state index in [2.05, 4.69) is 15.1 Å². The molecule has 3 rings (SSSR count). The number of aromatic nitrogens is 2. The van der Waals surface area contributed by atoms with Crippen LogP contribution in [0.25, 0.3) is 5.69 Å². The van der Waals surface area contributed by atoms with Gasteiger partial charge in [-0.2, -0.15) is 5.10 Å². The molecule has 0 aliphatic rings. The zero-order chi connectivity index (χ0) is 17.7. The van der Waals surface area contributed by atoms with E-state index in [1.54, 1.807) is 22.3 Å². The summed E-state index contributed by atoms with van der Waals surface area (Å²) in [6.07, 6.45) is 3.54. The lowest BCUT2D eigenvalue weighted by atomic mass is 10.2. The molecule has 3 aromatic rings. The van der Waals surface area contributed by atoms with Gasteiger partial charge in [0.05, 0.1) is 12.2 Å². The number of rotatable bonds is 7. The quantitative estimate of drug-likeness (QED) is 0.654. The molecule has 0 saturated heterocycles. The van der Waals surface area contributed by atoms with Crippen molar-refractivity contribution in [1.82, 2.24) is 19.8 Å². The second kappa shape index (κ2) is 7.60. The lowest BCUT2D eigenvalue weighted by Gasteiger charge is -2.08. The van der Waals surface area contributed by atoms with Gasteiger partial charge < -0.3 is 5.32 Å². The molecule has 0 fully saturated rings. The zero-order valence-electron chi connectivity index (χ0n) is 13.1. The van der Waals surface area contributed by atoms with Gasteiger partial charge in [0, 0.05) is 18.9 Å². The van der Waals surface area contributed by atoms with Gasteiger partial charge in [-0.3, -0.25) is 4.79 Å². The Kier molecular flexibility index (Phi) is 5.27. The van der Waals surface area contributed by atoms with Crippen molar-refractivity contribution in [2.75, 3.05) is 6.54 Å². The molecule has 0 atom stereocenters. The number of carbonyl (C=O) groups is 1. The average Bonchev–Trinajstić information content (AvgIpc) is 3.32. The third-order valence-electron chi connectivity index (χ3n) is 3.38. The molecule has 0 radical (unpaired) electrons. The fourth-order valence-corrected chi connectivity index (χ4v) is 4.12. The molecule has 2 heterocycles. The molecule has 0 saturated carbocycles. The van der Waals surface area contributed by atoms with Crippen LogP contribution in [0.15, 0.2) is 64.4 Å². The lowest BCUT2D eigenvalue weighted by Crippen LogP contribution is -2.36. The van der Waals surface area contributed by atoms with Crippen molar-refractivity contribution in [3.63, 3.8) is 0 Å². The maximum atomic E-state index is 11.9. The van der Waals surface area contributed by atoms with Crippen molar-refractivity contribution in [3.8, 4) is 5.69 Å². The summed E-state index contributed by atoms with van der Waals surface area (Å²) in [4.78, 5) is 11.8. The van der Waals surface area contributed by atoms with Gasteiger partial charge in [-0.1, -0.05) is 18.2 Å². The van der Waals surface area contributed by atoms with E-state index in [-0.39, 0.29) is 10.8 Å². The third kappa shape index (κ3) is 4.53. The predicted octanol–water partition coefficient (Wildman–Crippen LogP) is 1.53. The minimum absolute atomic E-state index is 0.189.